The predicted octanol–water partition coefficient (Wildman–Crippen LogP) is 2.90. The average molecular weight is 291 g/mol. The van der Waals surface area contributed by atoms with Crippen LogP contribution in [0.2, 0.25) is 0 Å². The third-order valence-electron chi connectivity index (χ3n) is 4.02. The van der Waals surface area contributed by atoms with Crippen LogP contribution in [0.5, 0.6) is 5.75 Å². The molecule has 0 unspecified atom stereocenters. The van der Waals surface area contributed by atoms with Gasteiger partial charge >= 0.3 is 5.97 Å². The Morgan fingerprint density at radius 3 is 2.38 bits per heavy atom. The van der Waals surface area contributed by atoms with Crippen LogP contribution in [0.15, 0.2) is 30.3 Å². The number of ether oxygens (including phenoxy) is 2. The van der Waals surface area contributed by atoms with Gasteiger partial charge in [-0.05, 0) is 44.7 Å². The molecule has 0 bridgehead atoms. The molecular weight excluding hydrogens is 266 g/mol. The van der Waals surface area contributed by atoms with E-state index in [1.54, 1.807) is 6.92 Å². The Kier molecular flexibility index (Phi) is 5.62. The molecule has 0 heterocycles. The molecule has 2 rings (SSSR count). The lowest BCUT2D eigenvalue weighted by Crippen LogP contribution is -2.42. The largest absolute Gasteiger partial charge is 0.487 e. The fourth-order valence-electron chi connectivity index (χ4n) is 2.88. The molecule has 0 radical (unpaired) electrons. The topological polar surface area (TPSA) is 61.6 Å². The van der Waals surface area contributed by atoms with Crippen molar-refractivity contribution >= 4 is 5.97 Å². The van der Waals surface area contributed by atoms with E-state index in [1.807, 2.05) is 37.3 Å². The van der Waals surface area contributed by atoms with Gasteiger partial charge in [-0.3, -0.25) is 4.79 Å². The highest BCUT2D eigenvalue weighted by molar-refractivity contribution is 5.75. The van der Waals surface area contributed by atoms with Crippen molar-refractivity contribution in [2.75, 3.05) is 0 Å². The monoisotopic (exact) mass is 291 g/mol. The quantitative estimate of drug-likeness (QED) is 0.819. The summed E-state index contributed by atoms with van der Waals surface area (Å²) in [4.78, 5) is 11.9. The van der Waals surface area contributed by atoms with E-state index < -0.39 is 6.04 Å². The van der Waals surface area contributed by atoms with Gasteiger partial charge in [-0.25, -0.2) is 0 Å². The van der Waals surface area contributed by atoms with Crippen LogP contribution in [-0.2, 0) is 9.53 Å². The maximum Gasteiger partial charge on any atom is 0.323 e. The number of para-hydroxylation sites is 1. The Balaban J connectivity index is 2.04. The third-order valence-corrected chi connectivity index (χ3v) is 4.02. The van der Waals surface area contributed by atoms with Gasteiger partial charge in [0.05, 0.1) is 0 Å². The molecule has 4 nitrogen and oxygen atoms in total. The minimum absolute atomic E-state index is 0.182. The second-order valence-corrected chi connectivity index (χ2v) is 5.87. The van der Waals surface area contributed by atoms with Crippen molar-refractivity contribution in [1.29, 1.82) is 0 Å². The minimum Gasteiger partial charge on any atom is -0.487 e. The van der Waals surface area contributed by atoms with E-state index >= 15 is 0 Å². The molecule has 1 aromatic rings. The molecule has 2 N–H and O–H groups in total. The summed E-state index contributed by atoms with van der Waals surface area (Å²) in [5.74, 6) is 0.812. The van der Waals surface area contributed by atoms with Gasteiger partial charge < -0.3 is 15.2 Å². The Labute approximate surface area is 126 Å². The van der Waals surface area contributed by atoms with E-state index in [-0.39, 0.29) is 18.2 Å². The highest BCUT2D eigenvalue weighted by atomic mass is 16.6. The van der Waals surface area contributed by atoms with Crippen molar-refractivity contribution in [2.24, 2.45) is 11.7 Å². The second-order valence-electron chi connectivity index (χ2n) is 5.87. The zero-order chi connectivity index (χ0) is 15.2. The lowest BCUT2D eigenvalue weighted by Gasteiger charge is -2.30. The van der Waals surface area contributed by atoms with Gasteiger partial charge in [-0.15, -0.1) is 0 Å². The lowest BCUT2D eigenvalue weighted by molar-refractivity contribution is -0.158. The van der Waals surface area contributed by atoms with Gasteiger partial charge in [0.1, 0.15) is 24.0 Å². The van der Waals surface area contributed by atoms with Gasteiger partial charge in [0.25, 0.3) is 0 Å². The van der Waals surface area contributed by atoms with Crippen LogP contribution in [0.25, 0.3) is 0 Å². The van der Waals surface area contributed by atoms with E-state index in [4.69, 9.17) is 15.2 Å². The number of rotatable bonds is 6. The Hall–Kier alpha value is -1.55. The summed E-state index contributed by atoms with van der Waals surface area (Å²) < 4.78 is 11.6. The van der Waals surface area contributed by atoms with E-state index in [9.17, 15) is 4.79 Å². The van der Waals surface area contributed by atoms with Gasteiger partial charge in [0.15, 0.2) is 0 Å². The molecule has 1 aromatic carbocycles. The Bertz CT molecular complexity index is 441. The van der Waals surface area contributed by atoms with Crippen LogP contribution in [0, 0.1) is 5.92 Å². The van der Waals surface area contributed by atoms with E-state index in [1.165, 1.54) is 12.8 Å². The maximum atomic E-state index is 11.9. The van der Waals surface area contributed by atoms with E-state index in [2.05, 4.69) is 0 Å². The first-order chi connectivity index (χ1) is 10.1. The van der Waals surface area contributed by atoms with Crippen molar-refractivity contribution < 1.29 is 14.3 Å². The normalized spacial score (nSPS) is 19.8. The molecular formula is C17H25NO3. The maximum absolute atomic E-state index is 11.9. The number of hydrogen-bond donors (Lipinski definition) is 1. The van der Waals surface area contributed by atoms with Crippen LogP contribution < -0.4 is 10.5 Å². The molecule has 3 atom stereocenters. The summed E-state index contributed by atoms with van der Waals surface area (Å²) in [6, 6.07) is 9.03. The van der Waals surface area contributed by atoms with Crippen LogP contribution in [0.4, 0.5) is 0 Å². The Morgan fingerprint density at radius 2 is 1.81 bits per heavy atom. The van der Waals surface area contributed by atoms with Crippen molar-refractivity contribution in [3.63, 3.8) is 0 Å². The SMILES string of the molecule is C[C@H](N)C(=O)O[C@H](C1CCCC1)[C@H](C)Oc1ccccc1. The molecule has 0 saturated heterocycles. The number of carbonyl (C=O) groups excluding carboxylic acids is 1. The lowest BCUT2D eigenvalue weighted by atomic mass is 9.96. The first-order valence-corrected chi connectivity index (χ1v) is 7.75. The predicted molar refractivity (Wildman–Crippen MR) is 82.0 cm³/mol. The van der Waals surface area contributed by atoms with Gasteiger partial charge in [-0.2, -0.15) is 0 Å². The van der Waals surface area contributed by atoms with Crippen molar-refractivity contribution in [1.82, 2.24) is 0 Å². The summed E-state index contributed by atoms with van der Waals surface area (Å²) in [6.45, 7) is 3.61. The minimum atomic E-state index is -0.599. The van der Waals surface area contributed by atoms with E-state index in [0.29, 0.717) is 5.92 Å². The first kappa shape index (κ1) is 15.8. The zero-order valence-electron chi connectivity index (χ0n) is 12.8. The average Bonchev–Trinajstić information content (AvgIpc) is 2.99. The number of nitrogens with two attached hydrogens (primary N) is 1. The molecule has 1 aliphatic rings. The first-order valence-electron chi connectivity index (χ1n) is 7.75. The van der Waals surface area contributed by atoms with Crippen LogP contribution in [0.1, 0.15) is 39.5 Å². The van der Waals surface area contributed by atoms with Crippen LogP contribution >= 0.6 is 0 Å². The number of hydrogen-bond acceptors (Lipinski definition) is 4. The molecule has 21 heavy (non-hydrogen) atoms. The molecule has 1 fully saturated rings. The second kappa shape index (κ2) is 7.46. The molecule has 0 aromatic heterocycles. The molecule has 1 saturated carbocycles. The molecule has 0 aliphatic heterocycles. The summed E-state index contributed by atoms with van der Waals surface area (Å²) in [5.41, 5.74) is 5.62. The molecule has 4 heteroatoms. The zero-order valence-corrected chi connectivity index (χ0v) is 12.8. The summed E-state index contributed by atoms with van der Waals surface area (Å²) in [7, 11) is 0. The third kappa shape index (κ3) is 4.46. The highest BCUT2D eigenvalue weighted by Gasteiger charge is 2.34. The fourth-order valence-corrected chi connectivity index (χ4v) is 2.88. The van der Waals surface area contributed by atoms with Crippen molar-refractivity contribution in [3.8, 4) is 5.75 Å². The van der Waals surface area contributed by atoms with Gasteiger partial charge in [-0.1, -0.05) is 31.0 Å². The summed E-state index contributed by atoms with van der Waals surface area (Å²) in [6.07, 6.45) is 4.13. The van der Waals surface area contributed by atoms with Gasteiger partial charge in [0, 0.05) is 0 Å². The standard InChI is InChI=1S/C17H25NO3/c1-12(18)17(19)21-16(14-8-6-7-9-14)13(2)20-15-10-4-3-5-11-15/h3-5,10-14,16H,6-9,18H2,1-2H3/t12-,13-,16-/m0/s1. The fraction of sp³-hybridized carbons (Fsp3) is 0.588. The smallest absolute Gasteiger partial charge is 0.323 e. The van der Waals surface area contributed by atoms with Gasteiger partial charge in [0.2, 0.25) is 0 Å². The van der Waals surface area contributed by atoms with Crippen LogP contribution in [-0.4, -0.2) is 24.2 Å². The molecule has 116 valence electrons. The number of benzene rings is 1. The Morgan fingerprint density at radius 1 is 1.19 bits per heavy atom. The molecule has 0 spiro atoms. The summed E-state index contributed by atoms with van der Waals surface area (Å²) in [5, 5.41) is 0. The van der Waals surface area contributed by atoms with Crippen LogP contribution in [0.3, 0.4) is 0 Å². The number of carbonyl (C=O) groups is 1. The molecule has 0 amide bonds. The molecule has 1 aliphatic carbocycles. The van der Waals surface area contributed by atoms with Crippen molar-refractivity contribution in [3.05, 3.63) is 30.3 Å². The number of esters is 1. The van der Waals surface area contributed by atoms with Crippen molar-refractivity contribution in [2.45, 2.75) is 57.8 Å². The van der Waals surface area contributed by atoms with E-state index in [0.717, 1.165) is 18.6 Å². The summed E-state index contributed by atoms with van der Waals surface area (Å²) >= 11 is 0. The highest BCUT2D eigenvalue weighted by Crippen LogP contribution is 2.32.